The van der Waals surface area contributed by atoms with Crippen LogP contribution in [0.25, 0.3) is 0 Å². The zero-order valence-corrected chi connectivity index (χ0v) is 18.0. The third-order valence-electron chi connectivity index (χ3n) is 5.59. The zero-order chi connectivity index (χ0) is 21.3. The number of unbranched alkanes of at least 4 members (excludes halogenated alkanes) is 1. The minimum absolute atomic E-state index is 0.0754. The molecule has 0 N–H and O–H groups in total. The Labute approximate surface area is 178 Å². The van der Waals surface area contributed by atoms with Gasteiger partial charge in [-0.2, -0.15) is 8.78 Å². The molecule has 0 spiro atoms. The van der Waals surface area contributed by atoms with Crippen LogP contribution in [0.4, 0.5) is 8.78 Å². The highest BCUT2D eigenvalue weighted by molar-refractivity contribution is 5.35. The summed E-state index contributed by atoms with van der Waals surface area (Å²) >= 11 is 0. The van der Waals surface area contributed by atoms with Crippen LogP contribution < -0.4 is 9.47 Å². The van der Waals surface area contributed by atoms with Gasteiger partial charge in [0.25, 0.3) is 0 Å². The molecule has 0 amide bonds. The predicted molar refractivity (Wildman–Crippen MR) is 114 cm³/mol. The summed E-state index contributed by atoms with van der Waals surface area (Å²) in [6.07, 6.45) is 6.65. The molecule has 0 saturated carbocycles. The summed E-state index contributed by atoms with van der Waals surface area (Å²) in [5.74, 6) is -1.78. The van der Waals surface area contributed by atoms with Crippen LogP contribution in [0.5, 0.6) is 11.5 Å². The van der Waals surface area contributed by atoms with Crippen molar-refractivity contribution in [2.45, 2.75) is 71.0 Å². The second-order valence-corrected chi connectivity index (χ2v) is 7.94. The number of hydrogen-bond donors (Lipinski definition) is 0. The molecule has 1 saturated heterocycles. The Morgan fingerprint density at radius 2 is 1.60 bits per heavy atom. The fourth-order valence-corrected chi connectivity index (χ4v) is 3.73. The van der Waals surface area contributed by atoms with Crippen LogP contribution in [0.3, 0.4) is 0 Å². The number of rotatable bonds is 10. The monoisotopic (exact) mass is 418 g/mol. The fourth-order valence-electron chi connectivity index (χ4n) is 3.73. The number of hydrogen-bond acceptors (Lipinski definition) is 3. The van der Waals surface area contributed by atoms with Gasteiger partial charge in [-0.3, -0.25) is 0 Å². The molecule has 1 aliphatic heterocycles. The van der Waals surface area contributed by atoms with Gasteiger partial charge in [-0.05, 0) is 48.9 Å². The largest absolute Gasteiger partial charge is 0.490 e. The highest BCUT2D eigenvalue weighted by Crippen LogP contribution is 2.31. The normalized spacial score (nSPS) is 18.9. The molecular formula is C25H32F2O3. The first-order chi connectivity index (χ1) is 14.6. The molecule has 3 nitrogen and oxygen atoms in total. The lowest BCUT2D eigenvalue weighted by Gasteiger charge is -2.29. The van der Waals surface area contributed by atoms with Crippen LogP contribution >= 0.6 is 0 Å². The van der Waals surface area contributed by atoms with Gasteiger partial charge < -0.3 is 14.2 Å². The number of halogens is 2. The molecular weight excluding hydrogens is 386 g/mol. The molecule has 2 aromatic carbocycles. The van der Waals surface area contributed by atoms with Gasteiger partial charge in [-0.1, -0.05) is 51.0 Å². The molecule has 2 unspecified atom stereocenters. The van der Waals surface area contributed by atoms with E-state index in [9.17, 15) is 8.78 Å². The first-order valence-electron chi connectivity index (χ1n) is 11.1. The average Bonchev–Trinajstić information content (AvgIpc) is 2.77. The number of benzene rings is 2. The molecule has 30 heavy (non-hydrogen) atoms. The lowest BCUT2D eigenvalue weighted by Crippen LogP contribution is -2.24. The average molecular weight is 419 g/mol. The highest BCUT2D eigenvalue weighted by Gasteiger charge is 2.22. The molecule has 1 fully saturated rings. The van der Waals surface area contributed by atoms with Crippen molar-refractivity contribution in [2.24, 2.45) is 0 Å². The minimum atomic E-state index is -1.01. The summed E-state index contributed by atoms with van der Waals surface area (Å²) in [4.78, 5) is 0. The standard InChI is InChI=1S/C25H32F2O3/c1-3-5-15-28-22-13-14-23(25(27)24(22)26)30-16-18-7-9-19(10-8-18)20-11-12-21(6-4-2)29-17-20/h7-10,13-14,20-21H,3-6,11-12,15-17H2,1-2H3. The van der Waals surface area contributed by atoms with Crippen LogP contribution in [0, 0.1) is 11.6 Å². The van der Waals surface area contributed by atoms with Crippen LogP contribution in [-0.4, -0.2) is 19.3 Å². The van der Waals surface area contributed by atoms with Gasteiger partial charge >= 0.3 is 0 Å². The smallest absolute Gasteiger partial charge is 0.204 e. The van der Waals surface area contributed by atoms with Crippen molar-refractivity contribution in [3.63, 3.8) is 0 Å². The van der Waals surface area contributed by atoms with E-state index in [1.165, 1.54) is 17.7 Å². The Bertz CT molecular complexity index is 784. The maximum atomic E-state index is 14.3. The van der Waals surface area contributed by atoms with Gasteiger partial charge in [0.2, 0.25) is 11.6 Å². The number of ether oxygens (including phenoxy) is 3. The molecule has 1 heterocycles. The summed E-state index contributed by atoms with van der Waals surface area (Å²) in [5, 5.41) is 0. The van der Waals surface area contributed by atoms with Gasteiger partial charge in [-0.25, -0.2) is 0 Å². The Hall–Kier alpha value is -2.14. The van der Waals surface area contributed by atoms with Crippen LogP contribution in [0.1, 0.15) is 69.4 Å². The molecule has 0 radical (unpaired) electrons. The Balaban J connectivity index is 1.53. The van der Waals surface area contributed by atoms with Crippen molar-refractivity contribution >= 4 is 0 Å². The van der Waals surface area contributed by atoms with Crippen LogP contribution in [0.2, 0.25) is 0 Å². The molecule has 5 heteroatoms. The van der Waals surface area contributed by atoms with E-state index in [0.29, 0.717) is 18.6 Å². The van der Waals surface area contributed by atoms with E-state index < -0.39 is 11.6 Å². The minimum Gasteiger partial charge on any atom is -0.490 e. The molecule has 0 aromatic heterocycles. The first kappa shape index (κ1) is 22.5. The molecule has 2 aromatic rings. The van der Waals surface area contributed by atoms with Crippen molar-refractivity contribution < 1.29 is 23.0 Å². The topological polar surface area (TPSA) is 27.7 Å². The lowest BCUT2D eigenvalue weighted by atomic mass is 9.90. The van der Waals surface area contributed by atoms with E-state index >= 15 is 0 Å². The lowest BCUT2D eigenvalue weighted by molar-refractivity contribution is -0.00111. The van der Waals surface area contributed by atoms with Crippen molar-refractivity contribution in [1.29, 1.82) is 0 Å². The summed E-state index contributed by atoms with van der Waals surface area (Å²) in [6, 6.07) is 10.9. The highest BCUT2D eigenvalue weighted by atomic mass is 19.2. The SMILES string of the molecule is CCCCOc1ccc(OCc2ccc(C3CCC(CCC)OC3)cc2)c(F)c1F. The molecule has 1 aliphatic rings. The van der Waals surface area contributed by atoms with E-state index in [1.807, 2.05) is 19.1 Å². The summed E-state index contributed by atoms with van der Waals surface area (Å²) in [7, 11) is 0. The maximum absolute atomic E-state index is 14.3. The van der Waals surface area contributed by atoms with Crippen molar-refractivity contribution in [2.75, 3.05) is 13.2 Å². The quantitative estimate of drug-likeness (QED) is 0.398. The van der Waals surface area contributed by atoms with Crippen LogP contribution in [0.15, 0.2) is 36.4 Å². The van der Waals surface area contributed by atoms with Gasteiger partial charge in [0.1, 0.15) is 6.61 Å². The van der Waals surface area contributed by atoms with E-state index in [-0.39, 0.29) is 18.1 Å². The van der Waals surface area contributed by atoms with E-state index in [1.54, 1.807) is 0 Å². The van der Waals surface area contributed by atoms with E-state index in [2.05, 4.69) is 19.1 Å². The van der Waals surface area contributed by atoms with Gasteiger partial charge in [0, 0.05) is 5.92 Å². The van der Waals surface area contributed by atoms with E-state index in [0.717, 1.165) is 50.7 Å². The Kier molecular flexibility index (Phi) is 8.50. The third kappa shape index (κ3) is 5.94. The molecule has 2 atom stereocenters. The Morgan fingerprint density at radius 1 is 0.900 bits per heavy atom. The van der Waals surface area contributed by atoms with Gasteiger partial charge in [0.05, 0.1) is 19.3 Å². The predicted octanol–water partition coefficient (Wildman–Crippen LogP) is 6.79. The third-order valence-corrected chi connectivity index (χ3v) is 5.59. The second-order valence-electron chi connectivity index (χ2n) is 7.94. The Morgan fingerprint density at radius 3 is 2.20 bits per heavy atom. The molecule has 3 rings (SSSR count). The molecule has 0 bridgehead atoms. The molecule has 164 valence electrons. The first-order valence-corrected chi connectivity index (χ1v) is 11.1. The second kappa shape index (κ2) is 11.3. The van der Waals surface area contributed by atoms with Gasteiger partial charge in [-0.15, -0.1) is 0 Å². The maximum Gasteiger partial charge on any atom is 0.204 e. The van der Waals surface area contributed by atoms with E-state index in [4.69, 9.17) is 14.2 Å². The summed E-state index contributed by atoms with van der Waals surface area (Å²) in [5.41, 5.74) is 2.15. The zero-order valence-electron chi connectivity index (χ0n) is 18.0. The van der Waals surface area contributed by atoms with Crippen molar-refractivity contribution in [1.82, 2.24) is 0 Å². The summed E-state index contributed by atoms with van der Waals surface area (Å²) in [6.45, 7) is 5.50. The fraction of sp³-hybridized carbons (Fsp3) is 0.520. The van der Waals surface area contributed by atoms with Crippen LogP contribution in [-0.2, 0) is 11.3 Å². The molecule has 0 aliphatic carbocycles. The summed E-state index contributed by atoms with van der Waals surface area (Å²) < 4.78 is 45.2. The van der Waals surface area contributed by atoms with Crippen molar-refractivity contribution in [3.8, 4) is 11.5 Å². The van der Waals surface area contributed by atoms with Crippen molar-refractivity contribution in [3.05, 3.63) is 59.2 Å². The van der Waals surface area contributed by atoms with Gasteiger partial charge in [0.15, 0.2) is 11.5 Å².